The predicted octanol–water partition coefficient (Wildman–Crippen LogP) is 4.41. The van der Waals surface area contributed by atoms with Crippen LogP contribution >= 0.6 is 11.6 Å². The van der Waals surface area contributed by atoms with Crippen molar-refractivity contribution in [2.75, 3.05) is 6.54 Å². The maximum absolute atomic E-state index is 6.15. The average Bonchev–Trinajstić information content (AvgIpc) is 2.42. The molecule has 0 saturated heterocycles. The fraction of sp³-hybridized carbons (Fsp3) is 0.294. The second-order valence-electron chi connectivity index (χ2n) is 5.44. The molecule has 2 rings (SSSR count). The summed E-state index contributed by atoms with van der Waals surface area (Å²) in [6.45, 7) is 6.22. The largest absolute Gasteiger partial charge is 0.312 e. The first-order chi connectivity index (χ1) is 9.09. The Bertz CT molecular complexity index is 520. The Morgan fingerprint density at radius 3 is 2.26 bits per heavy atom. The van der Waals surface area contributed by atoms with Crippen LogP contribution in [0.15, 0.2) is 54.6 Å². The van der Waals surface area contributed by atoms with Crippen molar-refractivity contribution in [1.82, 2.24) is 5.32 Å². The summed E-state index contributed by atoms with van der Waals surface area (Å²) in [5.41, 5.74) is 2.61. The van der Waals surface area contributed by atoms with Gasteiger partial charge in [0, 0.05) is 23.5 Å². The number of halogens is 1. The SMILES string of the molecule is CC(C)(CNCc1ccccc1Cl)c1ccccc1. The number of hydrogen-bond acceptors (Lipinski definition) is 1. The topological polar surface area (TPSA) is 12.0 Å². The normalized spacial score (nSPS) is 11.5. The highest BCUT2D eigenvalue weighted by Gasteiger charge is 2.19. The smallest absolute Gasteiger partial charge is 0.0450 e. The van der Waals surface area contributed by atoms with Gasteiger partial charge in [0.15, 0.2) is 0 Å². The number of nitrogens with one attached hydrogen (secondary N) is 1. The summed E-state index contributed by atoms with van der Waals surface area (Å²) >= 11 is 6.15. The minimum Gasteiger partial charge on any atom is -0.312 e. The molecule has 19 heavy (non-hydrogen) atoms. The summed E-state index contributed by atoms with van der Waals surface area (Å²) in [5, 5.41) is 4.32. The summed E-state index contributed by atoms with van der Waals surface area (Å²) in [7, 11) is 0. The Morgan fingerprint density at radius 1 is 0.947 bits per heavy atom. The van der Waals surface area contributed by atoms with E-state index in [0.717, 1.165) is 23.7 Å². The lowest BCUT2D eigenvalue weighted by molar-refractivity contribution is 0.469. The van der Waals surface area contributed by atoms with Crippen molar-refractivity contribution in [1.29, 1.82) is 0 Å². The zero-order valence-electron chi connectivity index (χ0n) is 11.5. The van der Waals surface area contributed by atoms with Crippen molar-refractivity contribution < 1.29 is 0 Å². The molecule has 0 amide bonds. The van der Waals surface area contributed by atoms with Crippen LogP contribution in [0.2, 0.25) is 5.02 Å². The summed E-state index contributed by atoms with van der Waals surface area (Å²) < 4.78 is 0. The van der Waals surface area contributed by atoms with Gasteiger partial charge in [-0.05, 0) is 17.2 Å². The zero-order chi connectivity index (χ0) is 13.7. The summed E-state index contributed by atoms with van der Waals surface area (Å²) in [6.07, 6.45) is 0. The molecule has 1 N–H and O–H groups in total. The molecule has 0 heterocycles. The quantitative estimate of drug-likeness (QED) is 0.851. The van der Waals surface area contributed by atoms with Gasteiger partial charge in [-0.2, -0.15) is 0 Å². The van der Waals surface area contributed by atoms with Gasteiger partial charge in [-0.15, -0.1) is 0 Å². The van der Waals surface area contributed by atoms with Crippen LogP contribution < -0.4 is 5.32 Å². The van der Waals surface area contributed by atoms with Gasteiger partial charge >= 0.3 is 0 Å². The van der Waals surface area contributed by atoms with Gasteiger partial charge in [0.05, 0.1) is 0 Å². The van der Waals surface area contributed by atoms with E-state index in [0.29, 0.717) is 0 Å². The highest BCUT2D eigenvalue weighted by atomic mass is 35.5. The standard InChI is InChI=1S/C17H20ClN/c1-17(2,15-9-4-3-5-10-15)13-19-12-14-8-6-7-11-16(14)18/h3-11,19H,12-13H2,1-2H3. The molecule has 0 saturated carbocycles. The van der Waals surface area contributed by atoms with Gasteiger partial charge in [-0.3, -0.25) is 0 Å². The molecule has 0 unspecified atom stereocenters. The molecule has 0 aliphatic heterocycles. The van der Waals surface area contributed by atoms with E-state index >= 15 is 0 Å². The van der Waals surface area contributed by atoms with Crippen molar-refractivity contribution in [3.8, 4) is 0 Å². The van der Waals surface area contributed by atoms with Crippen molar-refractivity contribution in [2.45, 2.75) is 25.8 Å². The number of benzene rings is 2. The van der Waals surface area contributed by atoms with E-state index in [1.165, 1.54) is 5.56 Å². The molecule has 0 atom stereocenters. The third-order valence-electron chi connectivity index (χ3n) is 3.40. The maximum Gasteiger partial charge on any atom is 0.0450 e. The van der Waals surface area contributed by atoms with Gasteiger partial charge < -0.3 is 5.32 Å². The fourth-order valence-corrected chi connectivity index (χ4v) is 2.35. The molecule has 2 heteroatoms. The van der Waals surface area contributed by atoms with E-state index in [1.54, 1.807) is 0 Å². The van der Waals surface area contributed by atoms with E-state index in [-0.39, 0.29) is 5.41 Å². The van der Waals surface area contributed by atoms with Gasteiger partial charge in [0.2, 0.25) is 0 Å². The van der Waals surface area contributed by atoms with E-state index in [4.69, 9.17) is 11.6 Å². The third-order valence-corrected chi connectivity index (χ3v) is 3.76. The van der Waals surface area contributed by atoms with Crippen LogP contribution in [0.3, 0.4) is 0 Å². The molecule has 1 nitrogen and oxygen atoms in total. The fourth-order valence-electron chi connectivity index (χ4n) is 2.14. The lowest BCUT2D eigenvalue weighted by atomic mass is 9.84. The van der Waals surface area contributed by atoms with Crippen LogP contribution in [0.5, 0.6) is 0 Å². The van der Waals surface area contributed by atoms with Crippen LogP contribution in [-0.4, -0.2) is 6.54 Å². The first kappa shape index (κ1) is 14.1. The zero-order valence-corrected chi connectivity index (χ0v) is 12.2. The molecular weight excluding hydrogens is 254 g/mol. The first-order valence-electron chi connectivity index (χ1n) is 6.59. The molecule has 0 radical (unpaired) electrons. The summed E-state index contributed by atoms with van der Waals surface area (Å²) in [5.74, 6) is 0. The minimum absolute atomic E-state index is 0.114. The van der Waals surface area contributed by atoms with Crippen molar-refractivity contribution >= 4 is 11.6 Å². The van der Waals surface area contributed by atoms with E-state index in [1.807, 2.05) is 18.2 Å². The number of hydrogen-bond donors (Lipinski definition) is 1. The Morgan fingerprint density at radius 2 is 1.58 bits per heavy atom. The second-order valence-corrected chi connectivity index (χ2v) is 5.85. The lowest BCUT2D eigenvalue weighted by Gasteiger charge is -2.26. The maximum atomic E-state index is 6.15. The molecule has 0 aliphatic carbocycles. The average molecular weight is 274 g/mol. The van der Waals surface area contributed by atoms with E-state index in [2.05, 4.69) is 55.6 Å². The molecule has 0 aliphatic rings. The predicted molar refractivity (Wildman–Crippen MR) is 82.6 cm³/mol. The van der Waals surface area contributed by atoms with Crippen molar-refractivity contribution in [3.63, 3.8) is 0 Å². The number of rotatable bonds is 5. The molecule has 0 bridgehead atoms. The van der Waals surface area contributed by atoms with E-state index in [9.17, 15) is 0 Å². The lowest BCUT2D eigenvalue weighted by Crippen LogP contribution is -2.32. The minimum atomic E-state index is 0.114. The second kappa shape index (κ2) is 6.23. The first-order valence-corrected chi connectivity index (χ1v) is 6.97. The summed E-state index contributed by atoms with van der Waals surface area (Å²) in [4.78, 5) is 0. The highest BCUT2D eigenvalue weighted by molar-refractivity contribution is 6.31. The van der Waals surface area contributed by atoms with Crippen LogP contribution in [0.1, 0.15) is 25.0 Å². The Kier molecular flexibility index (Phi) is 4.62. The van der Waals surface area contributed by atoms with Crippen LogP contribution in [0.4, 0.5) is 0 Å². The van der Waals surface area contributed by atoms with Gasteiger partial charge in [0.1, 0.15) is 0 Å². The van der Waals surface area contributed by atoms with E-state index < -0.39 is 0 Å². The molecular formula is C17H20ClN. The Balaban J connectivity index is 1.94. The van der Waals surface area contributed by atoms with Gasteiger partial charge in [0.25, 0.3) is 0 Å². The van der Waals surface area contributed by atoms with Crippen molar-refractivity contribution in [2.24, 2.45) is 0 Å². The monoisotopic (exact) mass is 273 g/mol. The van der Waals surface area contributed by atoms with Gasteiger partial charge in [-0.25, -0.2) is 0 Å². The summed E-state index contributed by atoms with van der Waals surface area (Å²) in [6, 6.07) is 18.6. The molecule has 2 aromatic carbocycles. The van der Waals surface area contributed by atoms with Gasteiger partial charge in [-0.1, -0.05) is 74.0 Å². The molecule has 2 aromatic rings. The van der Waals surface area contributed by atoms with Crippen LogP contribution in [0, 0.1) is 0 Å². The van der Waals surface area contributed by atoms with Crippen LogP contribution in [0.25, 0.3) is 0 Å². The van der Waals surface area contributed by atoms with Crippen molar-refractivity contribution in [3.05, 3.63) is 70.7 Å². The molecule has 100 valence electrons. The molecule has 0 spiro atoms. The Labute approximate surface area is 120 Å². The highest BCUT2D eigenvalue weighted by Crippen LogP contribution is 2.22. The molecule has 0 aromatic heterocycles. The molecule has 0 fully saturated rings. The Hall–Kier alpha value is -1.31. The van der Waals surface area contributed by atoms with Crippen LogP contribution in [-0.2, 0) is 12.0 Å². The third kappa shape index (κ3) is 3.82.